The number of fused-ring (bicyclic) bond motifs is 1. The van der Waals surface area contributed by atoms with Crippen LogP contribution in [0.2, 0.25) is 5.02 Å². The summed E-state index contributed by atoms with van der Waals surface area (Å²) in [5.41, 5.74) is 3.92. The Balaban J connectivity index is 1.95. The lowest BCUT2D eigenvalue weighted by Crippen LogP contribution is -2.19. The lowest BCUT2D eigenvalue weighted by atomic mass is 10.2. The molecule has 2 rings (SSSR count). The highest BCUT2D eigenvalue weighted by molar-refractivity contribution is 6.32. The molecular formula is C13H18ClNO3. The fraction of sp³-hybridized carbons (Fsp3) is 0.538. The first kappa shape index (κ1) is 13.5. The molecule has 0 bridgehead atoms. The van der Waals surface area contributed by atoms with Crippen LogP contribution in [0.1, 0.15) is 19.4 Å². The van der Waals surface area contributed by atoms with E-state index in [0.29, 0.717) is 48.8 Å². The SMILES string of the molecule is CC(C)CONCc1cc(Cl)c2c(c1)OCCO2. The molecular weight excluding hydrogens is 254 g/mol. The molecule has 0 amide bonds. The molecule has 0 aromatic heterocycles. The second-order valence-electron chi connectivity index (χ2n) is 4.63. The van der Waals surface area contributed by atoms with E-state index in [2.05, 4.69) is 19.3 Å². The highest BCUT2D eigenvalue weighted by Crippen LogP contribution is 2.38. The molecule has 4 nitrogen and oxygen atoms in total. The molecule has 0 aliphatic carbocycles. The molecule has 1 aliphatic heterocycles. The maximum Gasteiger partial charge on any atom is 0.179 e. The number of ether oxygens (including phenoxy) is 2. The topological polar surface area (TPSA) is 39.7 Å². The van der Waals surface area contributed by atoms with Crippen molar-refractivity contribution >= 4 is 11.6 Å². The summed E-state index contributed by atoms with van der Waals surface area (Å²) in [5, 5.41) is 0.577. The van der Waals surface area contributed by atoms with E-state index in [1.54, 1.807) is 0 Å². The Hall–Kier alpha value is -0.970. The van der Waals surface area contributed by atoms with E-state index in [9.17, 15) is 0 Å². The third-order valence-corrected chi connectivity index (χ3v) is 2.73. The predicted molar refractivity (Wildman–Crippen MR) is 70.1 cm³/mol. The number of hydrogen-bond donors (Lipinski definition) is 1. The summed E-state index contributed by atoms with van der Waals surface area (Å²) >= 11 is 6.14. The van der Waals surface area contributed by atoms with Gasteiger partial charge in [-0.25, -0.2) is 0 Å². The van der Waals surface area contributed by atoms with E-state index >= 15 is 0 Å². The van der Waals surface area contributed by atoms with Gasteiger partial charge >= 0.3 is 0 Å². The molecule has 0 saturated heterocycles. The van der Waals surface area contributed by atoms with Crippen molar-refractivity contribution in [2.75, 3.05) is 19.8 Å². The van der Waals surface area contributed by atoms with Gasteiger partial charge in [-0.3, -0.25) is 0 Å². The Kier molecular flexibility index (Phi) is 4.69. The first-order valence-corrected chi connectivity index (χ1v) is 6.47. The number of rotatable bonds is 5. The van der Waals surface area contributed by atoms with Gasteiger partial charge in [-0.15, -0.1) is 0 Å². The molecule has 0 unspecified atom stereocenters. The monoisotopic (exact) mass is 271 g/mol. The number of halogens is 1. The van der Waals surface area contributed by atoms with Crippen LogP contribution < -0.4 is 15.0 Å². The van der Waals surface area contributed by atoms with E-state index in [-0.39, 0.29) is 0 Å². The number of nitrogens with one attached hydrogen (secondary N) is 1. The van der Waals surface area contributed by atoms with Gasteiger partial charge in [0.05, 0.1) is 11.6 Å². The van der Waals surface area contributed by atoms with Crippen LogP contribution in [-0.4, -0.2) is 19.8 Å². The third kappa shape index (κ3) is 3.51. The Bertz CT molecular complexity index is 409. The van der Waals surface area contributed by atoms with Crippen molar-refractivity contribution in [1.29, 1.82) is 0 Å². The number of hydroxylamine groups is 1. The van der Waals surface area contributed by atoms with Gasteiger partial charge in [0, 0.05) is 6.54 Å². The Morgan fingerprint density at radius 1 is 1.33 bits per heavy atom. The van der Waals surface area contributed by atoms with E-state index in [1.807, 2.05) is 12.1 Å². The zero-order valence-electron chi connectivity index (χ0n) is 10.7. The zero-order valence-corrected chi connectivity index (χ0v) is 11.4. The Morgan fingerprint density at radius 3 is 2.89 bits per heavy atom. The van der Waals surface area contributed by atoms with Gasteiger partial charge in [0.2, 0.25) is 0 Å². The second kappa shape index (κ2) is 6.27. The van der Waals surface area contributed by atoms with Crippen molar-refractivity contribution in [2.24, 2.45) is 5.92 Å². The standard InChI is InChI=1S/C13H18ClNO3/c1-9(2)8-18-15-7-10-5-11(14)13-12(6-10)16-3-4-17-13/h5-6,9,15H,3-4,7-8H2,1-2H3. The summed E-state index contributed by atoms with van der Waals surface area (Å²) < 4.78 is 11.0. The maximum absolute atomic E-state index is 6.14. The average molecular weight is 272 g/mol. The van der Waals surface area contributed by atoms with Gasteiger partial charge in [-0.2, -0.15) is 5.48 Å². The van der Waals surface area contributed by atoms with Crippen LogP contribution in [0.25, 0.3) is 0 Å². The molecule has 0 atom stereocenters. The quantitative estimate of drug-likeness (QED) is 0.660. The summed E-state index contributed by atoms with van der Waals surface area (Å²) in [5.74, 6) is 1.84. The van der Waals surface area contributed by atoms with Crippen LogP contribution in [0, 0.1) is 5.92 Å². The molecule has 5 heteroatoms. The highest BCUT2D eigenvalue weighted by atomic mass is 35.5. The lowest BCUT2D eigenvalue weighted by Gasteiger charge is -2.20. The van der Waals surface area contributed by atoms with Crippen LogP contribution in [-0.2, 0) is 11.4 Å². The summed E-state index contributed by atoms with van der Waals surface area (Å²) in [6.07, 6.45) is 0. The molecule has 1 heterocycles. The van der Waals surface area contributed by atoms with Crippen LogP contribution in [0.3, 0.4) is 0 Å². The molecule has 0 fully saturated rings. The van der Waals surface area contributed by atoms with Crippen molar-refractivity contribution < 1.29 is 14.3 Å². The lowest BCUT2D eigenvalue weighted by molar-refractivity contribution is 0.0196. The van der Waals surface area contributed by atoms with Crippen LogP contribution >= 0.6 is 11.6 Å². The second-order valence-corrected chi connectivity index (χ2v) is 5.03. The molecule has 18 heavy (non-hydrogen) atoms. The van der Waals surface area contributed by atoms with Crippen molar-refractivity contribution in [3.63, 3.8) is 0 Å². The van der Waals surface area contributed by atoms with Gasteiger partial charge in [0.15, 0.2) is 11.5 Å². The van der Waals surface area contributed by atoms with Crippen molar-refractivity contribution in [3.05, 3.63) is 22.7 Å². The van der Waals surface area contributed by atoms with Crippen molar-refractivity contribution in [1.82, 2.24) is 5.48 Å². The largest absolute Gasteiger partial charge is 0.486 e. The molecule has 1 aliphatic rings. The molecule has 1 aromatic rings. The minimum absolute atomic E-state index is 0.501. The Morgan fingerprint density at radius 2 is 2.11 bits per heavy atom. The van der Waals surface area contributed by atoms with E-state index < -0.39 is 0 Å². The number of hydrogen-bond acceptors (Lipinski definition) is 4. The van der Waals surface area contributed by atoms with E-state index in [0.717, 1.165) is 5.56 Å². The molecule has 0 spiro atoms. The van der Waals surface area contributed by atoms with Gasteiger partial charge in [-0.1, -0.05) is 25.4 Å². The maximum atomic E-state index is 6.14. The minimum atomic E-state index is 0.501. The van der Waals surface area contributed by atoms with Gasteiger partial charge in [0.1, 0.15) is 13.2 Å². The highest BCUT2D eigenvalue weighted by Gasteiger charge is 2.16. The molecule has 100 valence electrons. The van der Waals surface area contributed by atoms with E-state index in [1.165, 1.54) is 0 Å². The zero-order chi connectivity index (χ0) is 13.0. The fourth-order valence-corrected chi connectivity index (χ4v) is 1.91. The minimum Gasteiger partial charge on any atom is -0.486 e. The third-order valence-electron chi connectivity index (χ3n) is 2.45. The van der Waals surface area contributed by atoms with Gasteiger partial charge < -0.3 is 14.3 Å². The summed E-state index contributed by atoms with van der Waals surface area (Å²) in [6, 6.07) is 3.78. The normalized spacial score (nSPS) is 14.0. The average Bonchev–Trinajstić information content (AvgIpc) is 2.35. The van der Waals surface area contributed by atoms with Crippen molar-refractivity contribution in [2.45, 2.75) is 20.4 Å². The summed E-state index contributed by atoms with van der Waals surface area (Å²) in [4.78, 5) is 5.32. The first-order valence-electron chi connectivity index (χ1n) is 6.09. The fourth-order valence-electron chi connectivity index (χ4n) is 1.63. The van der Waals surface area contributed by atoms with Gasteiger partial charge in [0.25, 0.3) is 0 Å². The molecule has 0 saturated carbocycles. The first-order chi connectivity index (χ1) is 8.66. The summed E-state index contributed by atoms with van der Waals surface area (Å²) in [6.45, 7) is 6.57. The van der Waals surface area contributed by atoms with Gasteiger partial charge in [-0.05, 0) is 23.6 Å². The van der Waals surface area contributed by atoms with Crippen LogP contribution in [0.15, 0.2) is 12.1 Å². The molecule has 0 radical (unpaired) electrons. The summed E-state index contributed by atoms with van der Waals surface area (Å²) in [7, 11) is 0. The molecule has 1 N–H and O–H groups in total. The smallest absolute Gasteiger partial charge is 0.179 e. The van der Waals surface area contributed by atoms with Crippen LogP contribution in [0.5, 0.6) is 11.5 Å². The van der Waals surface area contributed by atoms with E-state index in [4.69, 9.17) is 25.9 Å². The molecule has 1 aromatic carbocycles. The van der Waals surface area contributed by atoms with Crippen molar-refractivity contribution in [3.8, 4) is 11.5 Å². The number of benzene rings is 1. The Labute approximate surface area is 112 Å². The predicted octanol–water partition coefficient (Wildman–Crippen LogP) is 2.79. The van der Waals surface area contributed by atoms with Crippen LogP contribution in [0.4, 0.5) is 0 Å².